The van der Waals surface area contributed by atoms with Gasteiger partial charge >= 0.3 is 6.09 Å². The molecule has 1 aromatic heterocycles. The number of alkyl carbamates (subject to hydrolysis) is 1. The van der Waals surface area contributed by atoms with Crippen molar-refractivity contribution in [3.05, 3.63) is 0 Å². The number of nitrogens with zero attached hydrogens (tertiary/aromatic N) is 23. The van der Waals surface area contributed by atoms with Gasteiger partial charge in [0, 0.05) is 24.1 Å². The number of carbonyl (C=O) groups excluding carboxylic acids is 1. The first-order valence-electron chi connectivity index (χ1n) is 15.0. The van der Waals surface area contributed by atoms with E-state index in [9.17, 15) is 9.40 Å². The van der Waals surface area contributed by atoms with E-state index in [0.717, 1.165) is 18.6 Å². The molecule has 0 radical (unpaired) electrons. The Balaban J connectivity index is 2.71. The monoisotopic (exact) mass is 737 g/mol. The van der Waals surface area contributed by atoms with Gasteiger partial charge in [0.05, 0.1) is 7.05 Å². The van der Waals surface area contributed by atoms with Crippen LogP contribution in [0.15, 0.2) is 109 Å². The SMILES string of the molecule is CCCCCCCCCCSc1nc(NCCNC(=O)OC(C)(C)C)nc(S(#N)=NN=NN=NN=NN=NN=NN=NN=NN=NN=NC)n1. The maximum absolute atomic E-state index is 11.9. The van der Waals surface area contributed by atoms with Crippen LogP contribution in [-0.4, -0.2) is 52.5 Å². The Morgan fingerprint density at radius 1 is 0.720 bits per heavy atom. The molecule has 0 saturated carbocycles. The Morgan fingerprint density at radius 3 is 1.74 bits per heavy atom. The fourth-order valence-corrected chi connectivity index (χ4v) is 4.41. The van der Waals surface area contributed by atoms with Crippen molar-refractivity contribution in [3.8, 4) is 0 Å². The van der Waals surface area contributed by atoms with Gasteiger partial charge in [-0.25, -0.2) is 4.79 Å². The lowest BCUT2D eigenvalue weighted by molar-refractivity contribution is 0.0530. The average Bonchev–Trinajstić information content (AvgIpc) is 3.08. The van der Waals surface area contributed by atoms with E-state index in [0.29, 0.717) is 5.16 Å². The zero-order chi connectivity index (χ0) is 36.5. The normalized spacial score (nSPS) is 13.4. The Hall–Kier alpha value is -5.44. The lowest BCUT2D eigenvalue weighted by Gasteiger charge is -2.19. The molecule has 0 fully saturated rings. The summed E-state index contributed by atoms with van der Waals surface area (Å²) in [7, 11) is -0.520. The molecule has 50 heavy (non-hydrogen) atoms. The zero-order valence-electron chi connectivity index (χ0n) is 28.2. The molecule has 1 heterocycles. The van der Waals surface area contributed by atoms with Gasteiger partial charge in [-0.15, -0.1) is 0 Å². The minimum absolute atomic E-state index is 0.0569. The van der Waals surface area contributed by atoms with Crippen molar-refractivity contribution in [3.63, 3.8) is 0 Å². The summed E-state index contributed by atoms with van der Waals surface area (Å²) in [5, 5.41) is 62.5. The number of anilines is 1. The summed E-state index contributed by atoms with van der Waals surface area (Å²) < 4.78 is 19.4. The average molecular weight is 738 g/mol. The molecular weight excluding hydrogens is 699 g/mol. The Morgan fingerprint density at radius 2 is 1.22 bits per heavy atom. The maximum Gasteiger partial charge on any atom is 0.407 e. The quantitative estimate of drug-likeness (QED) is 0.0472. The third-order valence-electron chi connectivity index (χ3n) is 4.91. The van der Waals surface area contributed by atoms with Gasteiger partial charge in [-0.1, -0.05) is 63.6 Å². The summed E-state index contributed by atoms with van der Waals surface area (Å²) >= 11 is 1.43. The molecule has 0 atom stereocenters. The number of carbonyl (C=O) groups is 1. The molecule has 29 heteroatoms. The summed E-state index contributed by atoms with van der Waals surface area (Å²) in [6.07, 6.45) is 8.99. The standard InChI is InChI=1S/C21H39N25O2S2/c1-6-7-8-9-10-11-12-13-16-49-18-26-17(24-14-15-25-20(47)48-21(2,3)4)27-19(28-18)50(22)46-45-44-43-42-41-40-39-38-37-36-35-34-33-32-31-30-29-23-5/h6-16H2,1-5H3,(H,25,47)(H,24,26,27,28). The molecule has 2 N–H and O–H groups in total. The van der Waals surface area contributed by atoms with Crippen molar-refractivity contribution in [2.75, 3.05) is 31.2 Å². The van der Waals surface area contributed by atoms with E-state index in [4.69, 9.17) is 4.74 Å². The second kappa shape index (κ2) is 28.6. The van der Waals surface area contributed by atoms with Crippen molar-refractivity contribution < 1.29 is 9.53 Å². The van der Waals surface area contributed by atoms with Gasteiger partial charge in [0.25, 0.3) is 5.16 Å². The van der Waals surface area contributed by atoms with E-state index >= 15 is 0 Å². The molecule has 0 bridgehead atoms. The zero-order valence-corrected chi connectivity index (χ0v) is 29.8. The summed E-state index contributed by atoms with van der Waals surface area (Å²) in [4.78, 5) is 24.8. The third-order valence-corrected chi connectivity index (χ3v) is 6.58. The first-order chi connectivity index (χ1) is 24.2. The lowest BCUT2D eigenvalue weighted by Crippen LogP contribution is -2.35. The minimum Gasteiger partial charge on any atom is -0.444 e. The second-order valence-corrected chi connectivity index (χ2v) is 12.1. The number of amides is 1. The van der Waals surface area contributed by atoms with Gasteiger partial charge in [0.1, 0.15) is 15.9 Å². The van der Waals surface area contributed by atoms with Gasteiger partial charge in [-0.05, 0) is 115 Å². The van der Waals surface area contributed by atoms with Crippen LogP contribution >= 0.6 is 11.8 Å². The molecule has 0 spiro atoms. The number of aromatic nitrogens is 3. The topological polar surface area (TPSA) is 348 Å². The second-order valence-electron chi connectivity index (χ2n) is 9.97. The molecule has 0 saturated heterocycles. The van der Waals surface area contributed by atoms with E-state index in [1.54, 1.807) is 20.8 Å². The van der Waals surface area contributed by atoms with Crippen molar-refractivity contribution >= 4 is 34.1 Å². The van der Waals surface area contributed by atoms with Gasteiger partial charge < -0.3 is 15.4 Å². The first kappa shape index (κ1) is 42.6. The molecular formula is C21H39N25O2S2. The van der Waals surface area contributed by atoms with Crippen LogP contribution in [0.5, 0.6) is 0 Å². The third kappa shape index (κ3) is 25.6. The van der Waals surface area contributed by atoms with Crippen molar-refractivity contribution in [1.82, 2.24) is 20.3 Å². The van der Waals surface area contributed by atoms with Crippen LogP contribution in [0.4, 0.5) is 10.7 Å². The number of rotatable bonds is 23. The number of hydrogen-bond donors (Lipinski definition) is 2. The first-order valence-corrected chi connectivity index (χ1v) is 17.1. The minimum atomic E-state index is -1.91. The van der Waals surface area contributed by atoms with Gasteiger partial charge in [0.15, 0.2) is 5.16 Å². The summed E-state index contributed by atoms with van der Waals surface area (Å²) in [6.45, 7) is 8.03. The van der Waals surface area contributed by atoms with E-state index in [1.165, 1.54) is 57.3 Å². The predicted molar refractivity (Wildman–Crippen MR) is 175 cm³/mol. The van der Waals surface area contributed by atoms with Crippen LogP contribution in [0.1, 0.15) is 79.1 Å². The Kier molecular flexibility index (Phi) is 24.3. The fourth-order valence-electron chi connectivity index (χ4n) is 3.01. The van der Waals surface area contributed by atoms with E-state index in [2.05, 4.69) is 131 Å². The van der Waals surface area contributed by atoms with Crippen LogP contribution in [0.2, 0.25) is 0 Å². The molecule has 0 aliphatic rings. The maximum atomic E-state index is 11.9. The molecule has 27 nitrogen and oxygen atoms in total. The van der Waals surface area contributed by atoms with Crippen LogP contribution in [0.25, 0.3) is 0 Å². The number of ether oxygens (including phenoxy) is 1. The lowest BCUT2D eigenvalue weighted by atomic mass is 10.1. The summed E-state index contributed by atoms with van der Waals surface area (Å²) in [5.74, 6) is 0.963. The molecule has 1 aromatic rings. The van der Waals surface area contributed by atoms with Crippen LogP contribution < -0.4 is 10.6 Å². The van der Waals surface area contributed by atoms with Gasteiger partial charge in [-0.2, -0.15) is 24.7 Å². The summed E-state index contributed by atoms with van der Waals surface area (Å²) in [5.41, 5.74) is -0.618. The Labute approximate surface area is 292 Å². The highest BCUT2D eigenvalue weighted by molar-refractivity contribution is 7.99. The summed E-state index contributed by atoms with van der Waals surface area (Å²) in [6, 6.07) is 0. The Bertz CT molecular complexity index is 1530. The van der Waals surface area contributed by atoms with E-state index in [-0.39, 0.29) is 24.2 Å². The molecule has 1 amide bonds. The molecule has 272 valence electrons. The van der Waals surface area contributed by atoms with Crippen molar-refractivity contribution in [2.45, 2.75) is 95.0 Å². The van der Waals surface area contributed by atoms with Crippen molar-refractivity contribution in [1.29, 1.82) is 4.61 Å². The largest absolute Gasteiger partial charge is 0.444 e. The van der Waals surface area contributed by atoms with Crippen molar-refractivity contribution in [2.24, 2.45) is 98.4 Å². The number of unbranched alkanes of at least 4 members (excludes halogenated alkanes) is 7. The highest BCUT2D eigenvalue weighted by atomic mass is 32.2. The number of hydrogen-bond acceptors (Lipinski definition) is 9. The van der Waals surface area contributed by atoms with Crippen LogP contribution in [0, 0.1) is 4.61 Å². The van der Waals surface area contributed by atoms with Crippen LogP contribution in [-0.2, 0) is 15.1 Å². The molecule has 0 aliphatic carbocycles. The molecule has 1 rings (SSSR count). The molecule has 0 aliphatic heterocycles. The van der Waals surface area contributed by atoms with Gasteiger partial charge in [0.2, 0.25) is 5.95 Å². The van der Waals surface area contributed by atoms with E-state index < -0.39 is 22.0 Å². The highest BCUT2D eigenvalue weighted by Crippen LogP contribution is 2.18. The fraction of sp³-hybridized carbons (Fsp3) is 0.810. The molecule has 0 unspecified atom stereocenters. The highest BCUT2D eigenvalue weighted by Gasteiger charge is 2.15. The smallest absolute Gasteiger partial charge is 0.407 e. The van der Waals surface area contributed by atoms with Crippen LogP contribution in [0.3, 0.4) is 0 Å². The molecule has 0 aromatic carbocycles. The predicted octanol–water partition coefficient (Wildman–Crippen LogP) is 8.62. The number of thioether (sulfide) groups is 1. The van der Waals surface area contributed by atoms with Gasteiger partial charge in [-0.3, -0.25) is 0 Å². The van der Waals surface area contributed by atoms with E-state index in [1.807, 2.05) is 0 Å². The number of nitrogens with one attached hydrogen (secondary N) is 2.